The molecule has 2 rings (SSSR count). The molecule has 1 fully saturated rings. The van der Waals surface area contributed by atoms with Crippen LogP contribution in [0.1, 0.15) is 64.0 Å². The molecule has 1 saturated carbocycles. The molecule has 1 atom stereocenters. The van der Waals surface area contributed by atoms with Gasteiger partial charge in [-0.1, -0.05) is 31.4 Å². The molecule has 0 aromatic heterocycles. The molecule has 140 valence electrons. The van der Waals surface area contributed by atoms with Crippen molar-refractivity contribution in [3.63, 3.8) is 0 Å². The molecule has 0 saturated heterocycles. The van der Waals surface area contributed by atoms with Crippen molar-refractivity contribution in [1.82, 2.24) is 5.32 Å². The van der Waals surface area contributed by atoms with Crippen LogP contribution in [0.4, 0.5) is 0 Å². The molecule has 1 aromatic rings. The average Bonchev–Trinajstić information content (AvgIpc) is 2.60. The number of hydrogen-bond donors (Lipinski definition) is 3. The molecule has 1 unspecified atom stereocenters. The largest absolute Gasteiger partial charge is 0.491 e. The maximum absolute atomic E-state index is 12.3. The van der Waals surface area contributed by atoms with E-state index in [1.54, 1.807) is 0 Å². The second-order valence-corrected chi connectivity index (χ2v) is 7.50. The molecular formula is C20H32N2O3. The van der Waals surface area contributed by atoms with E-state index in [-0.39, 0.29) is 24.0 Å². The molecule has 1 amide bonds. The van der Waals surface area contributed by atoms with Crippen LogP contribution in [0.3, 0.4) is 0 Å². The number of amides is 1. The first-order chi connectivity index (χ1) is 11.9. The van der Waals surface area contributed by atoms with Gasteiger partial charge in [-0.15, -0.1) is 0 Å². The summed E-state index contributed by atoms with van der Waals surface area (Å²) in [6.07, 6.45) is 5.35. The van der Waals surface area contributed by atoms with Crippen molar-refractivity contribution in [2.45, 2.75) is 64.6 Å². The van der Waals surface area contributed by atoms with Crippen LogP contribution < -0.4 is 15.8 Å². The van der Waals surface area contributed by atoms with E-state index in [2.05, 4.69) is 5.32 Å². The number of carbonyl (C=O) groups excluding carboxylic acids is 1. The van der Waals surface area contributed by atoms with E-state index in [9.17, 15) is 9.90 Å². The van der Waals surface area contributed by atoms with E-state index < -0.39 is 6.10 Å². The summed E-state index contributed by atoms with van der Waals surface area (Å²) >= 11 is 0. The van der Waals surface area contributed by atoms with Gasteiger partial charge < -0.3 is 20.9 Å². The monoisotopic (exact) mass is 348 g/mol. The molecule has 0 aliphatic heterocycles. The summed E-state index contributed by atoms with van der Waals surface area (Å²) in [5, 5.41) is 13.2. The highest BCUT2D eigenvalue weighted by Crippen LogP contribution is 2.38. The Morgan fingerprint density at radius 1 is 1.32 bits per heavy atom. The Hall–Kier alpha value is -1.59. The fraction of sp³-hybridized carbons (Fsp3) is 0.650. The van der Waals surface area contributed by atoms with E-state index in [1.165, 1.54) is 6.42 Å². The summed E-state index contributed by atoms with van der Waals surface area (Å²) in [7, 11) is 0. The number of rotatable bonds is 8. The lowest BCUT2D eigenvalue weighted by molar-refractivity contribution is -0.124. The lowest BCUT2D eigenvalue weighted by Crippen LogP contribution is -2.39. The lowest BCUT2D eigenvalue weighted by atomic mass is 9.71. The van der Waals surface area contributed by atoms with Crippen LogP contribution in [0.5, 0.6) is 5.75 Å². The van der Waals surface area contributed by atoms with Gasteiger partial charge in [-0.05, 0) is 56.3 Å². The first-order valence-corrected chi connectivity index (χ1v) is 9.35. The minimum Gasteiger partial charge on any atom is -0.491 e. The lowest BCUT2D eigenvalue weighted by Gasteiger charge is -2.35. The van der Waals surface area contributed by atoms with E-state index >= 15 is 0 Å². The van der Waals surface area contributed by atoms with Gasteiger partial charge in [0.05, 0.1) is 12.2 Å². The summed E-state index contributed by atoms with van der Waals surface area (Å²) < 4.78 is 5.65. The predicted octanol–water partition coefficient (Wildman–Crippen LogP) is 2.92. The molecule has 1 aliphatic rings. The van der Waals surface area contributed by atoms with Gasteiger partial charge in [0.25, 0.3) is 0 Å². The summed E-state index contributed by atoms with van der Waals surface area (Å²) in [6.45, 7) is 4.67. The van der Waals surface area contributed by atoms with E-state index in [0.717, 1.165) is 37.0 Å². The highest BCUT2D eigenvalue weighted by Gasteiger charge is 2.32. The Balaban J connectivity index is 1.86. The molecule has 1 aliphatic carbocycles. The van der Waals surface area contributed by atoms with Gasteiger partial charge in [0, 0.05) is 13.0 Å². The summed E-state index contributed by atoms with van der Waals surface area (Å²) in [4.78, 5) is 12.3. The number of benzene rings is 1. The fourth-order valence-corrected chi connectivity index (χ4v) is 3.55. The van der Waals surface area contributed by atoms with Crippen LogP contribution in [0.15, 0.2) is 24.3 Å². The minimum atomic E-state index is -0.750. The van der Waals surface area contributed by atoms with E-state index in [1.807, 2.05) is 38.1 Å². The molecular weight excluding hydrogens is 316 g/mol. The topological polar surface area (TPSA) is 84.6 Å². The first kappa shape index (κ1) is 19.7. The molecule has 1 aromatic carbocycles. The zero-order valence-electron chi connectivity index (χ0n) is 15.5. The molecule has 5 nitrogen and oxygen atoms in total. The number of nitrogens with two attached hydrogens (primary N) is 1. The van der Waals surface area contributed by atoms with Crippen LogP contribution >= 0.6 is 0 Å². The zero-order valence-corrected chi connectivity index (χ0v) is 15.5. The van der Waals surface area contributed by atoms with Gasteiger partial charge in [0.1, 0.15) is 5.75 Å². The zero-order chi connectivity index (χ0) is 18.3. The van der Waals surface area contributed by atoms with E-state index in [0.29, 0.717) is 13.0 Å². The number of ether oxygens (including phenoxy) is 1. The Bertz CT molecular complexity index is 554. The normalized spacial score (nSPS) is 18.0. The SMILES string of the molecule is CC(C)Oc1cccc(C(O)CNC(=O)CC2(CN)CCCCC2)c1. The minimum absolute atomic E-state index is 0.0269. The number of aliphatic hydroxyl groups is 1. The second kappa shape index (κ2) is 9.20. The molecule has 0 spiro atoms. The standard InChI is InChI=1S/C20H32N2O3/c1-15(2)25-17-8-6-7-16(11-17)18(23)13-22-19(24)12-20(14-21)9-4-3-5-10-20/h6-8,11,15,18,23H,3-5,9-10,12-14,21H2,1-2H3,(H,22,24). The Morgan fingerprint density at radius 3 is 2.68 bits per heavy atom. The van der Waals surface area contributed by atoms with Crippen molar-refractivity contribution >= 4 is 5.91 Å². The van der Waals surface area contributed by atoms with Crippen molar-refractivity contribution < 1.29 is 14.6 Å². The van der Waals surface area contributed by atoms with Gasteiger partial charge in [-0.25, -0.2) is 0 Å². The summed E-state index contributed by atoms with van der Waals surface area (Å²) in [6, 6.07) is 7.37. The van der Waals surface area contributed by atoms with Crippen molar-refractivity contribution in [1.29, 1.82) is 0 Å². The maximum atomic E-state index is 12.3. The Labute approximate surface area is 150 Å². The first-order valence-electron chi connectivity index (χ1n) is 9.35. The van der Waals surface area contributed by atoms with Crippen molar-refractivity contribution in [3.05, 3.63) is 29.8 Å². The second-order valence-electron chi connectivity index (χ2n) is 7.50. The van der Waals surface area contributed by atoms with Crippen molar-refractivity contribution in [2.75, 3.05) is 13.1 Å². The maximum Gasteiger partial charge on any atom is 0.220 e. The van der Waals surface area contributed by atoms with Crippen LogP contribution in [0.2, 0.25) is 0 Å². The van der Waals surface area contributed by atoms with Crippen LogP contribution in [-0.4, -0.2) is 30.2 Å². The molecule has 4 N–H and O–H groups in total. The quantitative estimate of drug-likeness (QED) is 0.674. The molecule has 5 heteroatoms. The summed E-state index contributed by atoms with van der Waals surface area (Å²) in [5.41, 5.74) is 6.63. The number of carbonyl (C=O) groups is 1. The van der Waals surface area contributed by atoms with Crippen LogP contribution in [-0.2, 0) is 4.79 Å². The fourth-order valence-electron chi connectivity index (χ4n) is 3.55. The molecule has 0 bridgehead atoms. The highest BCUT2D eigenvalue weighted by atomic mass is 16.5. The van der Waals surface area contributed by atoms with E-state index in [4.69, 9.17) is 10.5 Å². The predicted molar refractivity (Wildman–Crippen MR) is 99.4 cm³/mol. The Morgan fingerprint density at radius 2 is 2.04 bits per heavy atom. The Kier molecular flexibility index (Phi) is 7.26. The average molecular weight is 348 g/mol. The van der Waals surface area contributed by atoms with Crippen LogP contribution in [0, 0.1) is 5.41 Å². The third-order valence-corrected chi connectivity index (χ3v) is 4.99. The highest BCUT2D eigenvalue weighted by molar-refractivity contribution is 5.76. The third kappa shape index (κ3) is 6.01. The van der Waals surface area contributed by atoms with Gasteiger partial charge in [-0.3, -0.25) is 4.79 Å². The number of aliphatic hydroxyl groups excluding tert-OH is 1. The van der Waals surface area contributed by atoms with Crippen LogP contribution in [0.25, 0.3) is 0 Å². The molecule has 25 heavy (non-hydrogen) atoms. The molecule has 0 heterocycles. The van der Waals surface area contributed by atoms with Crippen molar-refractivity contribution in [3.8, 4) is 5.75 Å². The van der Waals surface area contributed by atoms with Gasteiger partial charge in [0.2, 0.25) is 5.91 Å². The smallest absolute Gasteiger partial charge is 0.220 e. The van der Waals surface area contributed by atoms with Gasteiger partial charge in [-0.2, -0.15) is 0 Å². The third-order valence-electron chi connectivity index (χ3n) is 4.99. The number of hydrogen-bond acceptors (Lipinski definition) is 4. The van der Waals surface area contributed by atoms with Gasteiger partial charge in [0.15, 0.2) is 0 Å². The van der Waals surface area contributed by atoms with Gasteiger partial charge >= 0.3 is 0 Å². The summed E-state index contributed by atoms with van der Waals surface area (Å²) in [5.74, 6) is 0.697. The number of nitrogens with one attached hydrogen (secondary N) is 1. The molecule has 0 radical (unpaired) electrons. The van der Waals surface area contributed by atoms with Crippen molar-refractivity contribution in [2.24, 2.45) is 11.1 Å².